The minimum atomic E-state index is -3.42. The Hall–Kier alpha value is -2.02. The molecule has 0 spiro atoms. The minimum absolute atomic E-state index is 0.125. The number of sulfonamides is 1. The first-order valence-corrected chi connectivity index (χ1v) is 9.87. The SMILES string of the molecule is O=C(CCN1CCN(S(=O)(=O)c2ccccc2)CC1)c1ccccc1. The second-order valence-corrected chi connectivity index (χ2v) is 8.04. The van der Waals surface area contributed by atoms with Crippen LogP contribution in [-0.4, -0.2) is 56.1 Å². The first-order valence-electron chi connectivity index (χ1n) is 8.43. The van der Waals surface area contributed by atoms with Gasteiger partial charge in [-0.25, -0.2) is 8.42 Å². The molecule has 0 atom stereocenters. The van der Waals surface area contributed by atoms with Gasteiger partial charge in [0.25, 0.3) is 0 Å². The highest BCUT2D eigenvalue weighted by molar-refractivity contribution is 7.89. The highest BCUT2D eigenvalue weighted by Gasteiger charge is 2.28. The summed E-state index contributed by atoms with van der Waals surface area (Å²) >= 11 is 0. The quantitative estimate of drug-likeness (QED) is 0.744. The lowest BCUT2D eigenvalue weighted by Crippen LogP contribution is -2.48. The number of hydrogen-bond acceptors (Lipinski definition) is 4. The molecule has 0 aromatic heterocycles. The van der Waals surface area contributed by atoms with Crippen molar-refractivity contribution in [2.75, 3.05) is 32.7 Å². The molecular formula is C19H22N2O3S. The van der Waals surface area contributed by atoms with Gasteiger partial charge in [0.05, 0.1) is 4.90 Å². The lowest BCUT2D eigenvalue weighted by Gasteiger charge is -2.33. The van der Waals surface area contributed by atoms with E-state index in [1.165, 1.54) is 4.31 Å². The van der Waals surface area contributed by atoms with Gasteiger partial charge < -0.3 is 4.90 Å². The molecule has 3 rings (SSSR count). The third-order valence-corrected chi connectivity index (χ3v) is 6.38. The summed E-state index contributed by atoms with van der Waals surface area (Å²) in [4.78, 5) is 14.6. The van der Waals surface area contributed by atoms with E-state index in [4.69, 9.17) is 0 Å². The second-order valence-electron chi connectivity index (χ2n) is 6.10. The van der Waals surface area contributed by atoms with Crippen LogP contribution in [0.2, 0.25) is 0 Å². The summed E-state index contributed by atoms with van der Waals surface area (Å²) in [6.07, 6.45) is 0.454. The summed E-state index contributed by atoms with van der Waals surface area (Å²) < 4.78 is 26.7. The van der Waals surface area contributed by atoms with Gasteiger partial charge in [-0.1, -0.05) is 48.5 Å². The Bertz CT molecular complexity index is 799. The third kappa shape index (κ3) is 4.34. The van der Waals surface area contributed by atoms with Crippen LogP contribution < -0.4 is 0 Å². The maximum absolute atomic E-state index is 12.6. The van der Waals surface area contributed by atoms with E-state index < -0.39 is 10.0 Å². The molecule has 0 amide bonds. The van der Waals surface area contributed by atoms with Crippen LogP contribution in [0.5, 0.6) is 0 Å². The van der Waals surface area contributed by atoms with Gasteiger partial charge in [-0.05, 0) is 12.1 Å². The van der Waals surface area contributed by atoms with Gasteiger partial charge in [0.2, 0.25) is 10.0 Å². The zero-order valence-corrected chi connectivity index (χ0v) is 14.9. The summed E-state index contributed by atoms with van der Waals surface area (Å²) in [6.45, 7) is 2.86. The maximum atomic E-state index is 12.6. The van der Waals surface area contributed by atoms with Gasteiger partial charge in [0, 0.05) is 44.7 Å². The molecule has 1 aliphatic rings. The van der Waals surface area contributed by atoms with E-state index in [0.29, 0.717) is 44.0 Å². The number of carbonyl (C=O) groups is 1. The van der Waals surface area contributed by atoms with Crippen molar-refractivity contribution in [1.82, 2.24) is 9.21 Å². The van der Waals surface area contributed by atoms with Crippen LogP contribution in [0.3, 0.4) is 0 Å². The van der Waals surface area contributed by atoms with Crippen molar-refractivity contribution in [3.8, 4) is 0 Å². The number of hydrogen-bond donors (Lipinski definition) is 0. The summed E-state index contributed by atoms with van der Waals surface area (Å²) in [7, 11) is -3.42. The summed E-state index contributed by atoms with van der Waals surface area (Å²) in [5.74, 6) is 0.125. The van der Waals surface area contributed by atoms with Crippen molar-refractivity contribution in [2.45, 2.75) is 11.3 Å². The molecule has 0 aliphatic carbocycles. The van der Waals surface area contributed by atoms with E-state index in [0.717, 1.165) is 5.56 Å². The van der Waals surface area contributed by atoms with Gasteiger partial charge in [-0.3, -0.25) is 4.79 Å². The fourth-order valence-corrected chi connectivity index (χ4v) is 4.41. The third-order valence-electron chi connectivity index (χ3n) is 4.46. The Morgan fingerprint density at radius 1 is 0.840 bits per heavy atom. The molecule has 1 fully saturated rings. The Kier molecular flexibility index (Phi) is 5.63. The number of benzene rings is 2. The highest BCUT2D eigenvalue weighted by Crippen LogP contribution is 2.17. The van der Waals surface area contributed by atoms with Crippen LogP contribution in [0.15, 0.2) is 65.6 Å². The average Bonchev–Trinajstić information content (AvgIpc) is 2.68. The summed E-state index contributed by atoms with van der Waals surface area (Å²) in [5.41, 5.74) is 0.729. The number of ketones is 1. The molecule has 132 valence electrons. The van der Waals surface area contributed by atoms with Gasteiger partial charge in [-0.15, -0.1) is 0 Å². The second kappa shape index (κ2) is 7.91. The monoisotopic (exact) mass is 358 g/mol. The fourth-order valence-electron chi connectivity index (χ4n) is 2.96. The minimum Gasteiger partial charge on any atom is -0.300 e. The van der Waals surface area contributed by atoms with Crippen LogP contribution in [0.4, 0.5) is 0 Å². The molecule has 0 saturated carbocycles. The molecule has 0 radical (unpaired) electrons. The smallest absolute Gasteiger partial charge is 0.243 e. The standard InChI is InChI=1S/C19H22N2O3S/c22-19(17-7-3-1-4-8-17)11-12-20-13-15-21(16-14-20)25(23,24)18-9-5-2-6-10-18/h1-10H,11-16H2. The largest absolute Gasteiger partial charge is 0.300 e. The van der Waals surface area contributed by atoms with Gasteiger partial charge in [0.15, 0.2) is 5.78 Å². The molecule has 2 aromatic rings. The Balaban J connectivity index is 1.51. The molecular weight excluding hydrogens is 336 g/mol. The van der Waals surface area contributed by atoms with Crippen molar-refractivity contribution in [3.05, 3.63) is 66.2 Å². The molecule has 0 unspecified atom stereocenters. The Morgan fingerprint density at radius 2 is 1.40 bits per heavy atom. The van der Waals surface area contributed by atoms with E-state index in [-0.39, 0.29) is 5.78 Å². The van der Waals surface area contributed by atoms with Crippen LogP contribution in [0, 0.1) is 0 Å². The topological polar surface area (TPSA) is 57.7 Å². The zero-order valence-electron chi connectivity index (χ0n) is 14.0. The van der Waals surface area contributed by atoms with Crippen molar-refractivity contribution in [2.24, 2.45) is 0 Å². The molecule has 5 nitrogen and oxygen atoms in total. The van der Waals surface area contributed by atoms with E-state index >= 15 is 0 Å². The lowest BCUT2D eigenvalue weighted by molar-refractivity contribution is 0.0952. The number of Topliss-reactive ketones (excluding diaryl/α,β-unsaturated/α-hetero) is 1. The number of rotatable bonds is 6. The van der Waals surface area contributed by atoms with E-state index in [2.05, 4.69) is 4.90 Å². The molecule has 25 heavy (non-hydrogen) atoms. The number of piperazine rings is 1. The highest BCUT2D eigenvalue weighted by atomic mass is 32.2. The van der Waals surface area contributed by atoms with E-state index in [9.17, 15) is 13.2 Å². The summed E-state index contributed by atoms with van der Waals surface area (Å²) in [5, 5.41) is 0. The molecule has 1 aliphatic heterocycles. The fraction of sp³-hybridized carbons (Fsp3) is 0.316. The van der Waals surface area contributed by atoms with Crippen molar-refractivity contribution in [1.29, 1.82) is 0 Å². The van der Waals surface area contributed by atoms with E-state index in [1.807, 2.05) is 30.3 Å². The Morgan fingerprint density at radius 3 is 2.00 bits per heavy atom. The number of nitrogens with zero attached hydrogens (tertiary/aromatic N) is 2. The van der Waals surface area contributed by atoms with Crippen LogP contribution >= 0.6 is 0 Å². The molecule has 6 heteroatoms. The van der Waals surface area contributed by atoms with Crippen LogP contribution in [-0.2, 0) is 10.0 Å². The van der Waals surface area contributed by atoms with E-state index in [1.54, 1.807) is 30.3 Å². The van der Waals surface area contributed by atoms with Crippen LogP contribution in [0.25, 0.3) is 0 Å². The Labute approximate surface area is 148 Å². The number of carbonyl (C=O) groups excluding carboxylic acids is 1. The molecule has 1 saturated heterocycles. The molecule has 0 N–H and O–H groups in total. The molecule has 1 heterocycles. The van der Waals surface area contributed by atoms with Gasteiger partial charge >= 0.3 is 0 Å². The first-order chi connectivity index (χ1) is 12.1. The maximum Gasteiger partial charge on any atom is 0.243 e. The lowest BCUT2D eigenvalue weighted by atomic mass is 10.1. The first kappa shape index (κ1) is 17.8. The summed E-state index contributed by atoms with van der Waals surface area (Å²) in [6, 6.07) is 17.8. The van der Waals surface area contributed by atoms with Crippen molar-refractivity contribution < 1.29 is 13.2 Å². The average molecular weight is 358 g/mol. The van der Waals surface area contributed by atoms with Gasteiger partial charge in [-0.2, -0.15) is 4.31 Å². The predicted octanol–water partition coefficient (Wildman–Crippen LogP) is 2.27. The molecule has 2 aromatic carbocycles. The van der Waals surface area contributed by atoms with Gasteiger partial charge in [0.1, 0.15) is 0 Å². The molecule has 0 bridgehead atoms. The van der Waals surface area contributed by atoms with Crippen molar-refractivity contribution >= 4 is 15.8 Å². The zero-order chi connectivity index (χ0) is 17.7. The predicted molar refractivity (Wildman–Crippen MR) is 97.0 cm³/mol. The van der Waals surface area contributed by atoms with Crippen molar-refractivity contribution in [3.63, 3.8) is 0 Å². The van der Waals surface area contributed by atoms with Crippen LogP contribution in [0.1, 0.15) is 16.8 Å². The normalized spacial score (nSPS) is 16.6.